The second-order valence-corrected chi connectivity index (χ2v) is 5.04. The summed E-state index contributed by atoms with van der Waals surface area (Å²) >= 11 is 0. The molecule has 0 aliphatic rings. The molecule has 0 fully saturated rings. The summed E-state index contributed by atoms with van der Waals surface area (Å²) in [6, 6.07) is 9.22. The number of pyridine rings is 1. The van der Waals surface area contributed by atoms with Crippen molar-refractivity contribution < 1.29 is 14.3 Å². The van der Waals surface area contributed by atoms with Gasteiger partial charge in [-0.15, -0.1) is 0 Å². The third-order valence-corrected chi connectivity index (χ3v) is 3.02. The molecule has 21 heavy (non-hydrogen) atoms. The SMILES string of the molecule is COC(=O)C(COc1cccc2cccnc12)NC(C)C. The lowest BCUT2D eigenvalue weighted by Gasteiger charge is -2.19. The summed E-state index contributed by atoms with van der Waals surface area (Å²) in [6.45, 7) is 4.13. The first-order valence-corrected chi connectivity index (χ1v) is 6.92. The van der Waals surface area contributed by atoms with Crippen molar-refractivity contribution in [3.63, 3.8) is 0 Å². The van der Waals surface area contributed by atoms with E-state index in [0.29, 0.717) is 5.75 Å². The van der Waals surface area contributed by atoms with E-state index in [9.17, 15) is 4.79 Å². The van der Waals surface area contributed by atoms with Gasteiger partial charge >= 0.3 is 5.97 Å². The zero-order valence-electron chi connectivity index (χ0n) is 12.5. The third-order valence-electron chi connectivity index (χ3n) is 3.02. The highest BCUT2D eigenvalue weighted by atomic mass is 16.5. The Morgan fingerprint density at radius 1 is 1.29 bits per heavy atom. The zero-order valence-corrected chi connectivity index (χ0v) is 12.5. The molecular weight excluding hydrogens is 268 g/mol. The van der Waals surface area contributed by atoms with Gasteiger partial charge in [-0.2, -0.15) is 0 Å². The summed E-state index contributed by atoms with van der Waals surface area (Å²) in [6.07, 6.45) is 1.72. The largest absolute Gasteiger partial charge is 0.489 e. The molecule has 0 amide bonds. The van der Waals surface area contributed by atoms with Gasteiger partial charge in [0.25, 0.3) is 0 Å². The molecule has 1 heterocycles. The molecule has 1 N–H and O–H groups in total. The molecule has 0 saturated carbocycles. The number of benzene rings is 1. The summed E-state index contributed by atoms with van der Waals surface area (Å²) in [5.74, 6) is 0.324. The number of hydrogen-bond acceptors (Lipinski definition) is 5. The standard InChI is InChI=1S/C16H20N2O3/c1-11(2)18-13(16(19)20-3)10-21-14-8-4-6-12-7-5-9-17-15(12)14/h4-9,11,13,18H,10H2,1-3H3. The van der Waals surface area contributed by atoms with Crippen LogP contribution in [0.25, 0.3) is 10.9 Å². The van der Waals surface area contributed by atoms with Crippen LogP contribution in [-0.4, -0.2) is 36.8 Å². The molecule has 0 saturated heterocycles. The molecule has 1 atom stereocenters. The molecule has 0 aliphatic carbocycles. The highest BCUT2D eigenvalue weighted by molar-refractivity contribution is 5.84. The molecule has 0 bridgehead atoms. The van der Waals surface area contributed by atoms with Crippen molar-refractivity contribution in [3.8, 4) is 5.75 Å². The first-order valence-electron chi connectivity index (χ1n) is 6.92. The van der Waals surface area contributed by atoms with Crippen molar-refractivity contribution in [2.24, 2.45) is 0 Å². The van der Waals surface area contributed by atoms with E-state index in [4.69, 9.17) is 9.47 Å². The van der Waals surface area contributed by atoms with Crippen LogP contribution in [0.3, 0.4) is 0 Å². The van der Waals surface area contributed by atoms with Crippen LogP contribution in [0.5, 0.6) is 5.75 Å². The van der Waals surface area contributed by atoms with E-state index >= 15 is 0 Å². The van der Waals surface area contributed by atoms with Crippen molar-refractivity contribution >= 4 is 16.9 Å². The van der Waals surface area contributed by atoms with Gasteiger partial charge in [0.15, 0.2) is 0 Å². The Kier molecular flexibility index (Phi) is 5.11. The van der Waals surface area contributed by atoms with Crippen LogP contribution < -0.4 is 10.1 Å². The number of hydrogen-bond donors (Lipinski definition) is 1. The molecule has 5 nitrogen and oxygen atoms in total. The smallest absolute Gasteiger partial charge is 0.326 e. The van der Waals surface area contributed by atoms with Crippen LogP contribution in [-0.2, 0) is 9.53 Å². The van der Waals surface area contributed by atoms with Crippen molar-refractivity contribution in [1.29, 1.82) is 0 Å². The van der Waals surface area contributed by atoms with E-state index < -0.39 is 6.04 Å². The number of fused-ring (bicyclic) bond motifs is 1. The lowest BCUT2D eigenvalue weighted by molar-refractivity contribution is -0.144. The van der Waals surface area contributed by atoms with Crippen LogP contribution in [0.1, 0.15) is 13.8 Å². The van der Waals surface area contributed by atoms with Gasteiger partial charge in [0.1, 0.15) is 23.9 Å². The van der Waals surface area contributed by atoms with Crippen LogP contribution in [0.4, 0.5) is 0 Å². The summed E-state index contributed by atoms with van der Waals surface area (Å²) in [7, 11) is 1.37. The quantitative estimate of drug-likeness (QED) is 0.825. The number of carbonyl (C=O) groups is 1. The fraction of sp³-hybridized carbons (Fsp3) is 0.375. The monoisotopic (exact) mass is 288 g/mol. The van der Waals surface area contributed by atoms with Gasteiger partial charge in [-0.25, -0.2) is 0 Å². The Labute approximate surface area is 124 Å². The molecule has 1 aromatic heterocycles. The molecule has 0 radical (unpaired) electrons. The van der Waals surface area contributed by atoms with E-state index in [-0.39, 0.29) is 18.6 Å². The molecule has 0 aliphatic heterocycles. The van der Waals surface area contributed by atoms with Gasteiger partial charge in [-0.1, -0.05) is 32.0 Å². The second-order valence-electron chi connectivity index (χ2n) is 5.04. The molecule has 0 spiro atoms. The predicted molar refractivity (Wildman–Crippen MR) is 81.3 cm³/mol. The molecule has 2 aromatic rings. The zero-order chi connectivity index (χ0) is 15.2. The summed E-state index contributed by atoms with van der Waals surface area (Å²) in [5.41, 5.74) is 0.785. The van der Waals surface area contributed by atoms with Crippen LogP contribution in [0.2, 0.25) is 0 Å². The number of esters is 1. The van der Waals surface area contributed by atoms with Crippen molar-refractivity contribution in [2.75, 3.05) is 13.7 Å². The van der Waals surface area contributed by atoms with E-state index in [1.54, 1.807) is 6.20 Å². The van der Waals surface area contributed by atoms with Gasteiger partial charge in [-0.3, -0.25) is 15.1 Å². The number of carbonyl (C=O) groups excluding carboxylic acids is 1. The minimum Gasteiger partial charge on any atom is -0.489 e. The molecule has 112 valence electrons. The maximum Gasteiger partial charge on any atom is 0.326 e. The normalized spacial score (nSPS) is 12.4. The van der Waals surface area contributed by atoms with Crippen LogP contribution in [0.15, 0.2) is 36.5 Å². The minimum atomic E-state index is -0.506. The first-order chi connectivity index (χ1) is 10.1. The number of rotatable bonds is 6. The molecule has 1 aromatic carbocycles. The number of methoxy groups -OCH3 is 1. The van der Waals surface area contributed by atoms with Crippen molar-refractivity contribution in [3.05, 3.63) is 36.5 Å². The Balaban J connectivity index is 2.13. The number of ether oxygens (including phenoxy) is 2. The molecular formula is C16H20N2O3. The summed E-state index contributed by atoms with van der Waals surface area (Å²) in [4.78, 5) is 16.1. The number of para-hydroxylation sites is 1. The number of aromatic nitrogens is 1. The van der Waals surface area contributed by atoms with Crippen molar-refractivity contribution in [1.82, 2.24) is 10.3 Å². The van der Waals surface area contributed by atoms with Crippen molar-refractivity contribution in [2.45, 2.75) is 25.9 Å². The van der Waals surface area contributed by atoms with Gasteiger partial charge in [0, 0.05) is 17.6 Å². The Morgan fingerprint density at radius 3 is 2.76 bits per heavy atom. The van der Waals surface area contributed by atoms with Gasteiger partial charge in [0.2, 0.25) is 0 Å². The molecule has 5 heteroatoms. The molecule has 1 unspecified atom stereocenters. The van der Waals surface area contributed by atoms with E-state index in [0.717, 1.165) is 10.9 Å². The highest BCUT2D eigenvalue weighted by Crippen LogP contribution is 2.23. The minimum absolute atomic E-state index is 0.156. The first kappa shape index (κ1) is 15.3. The van der Waals surface area contributed by atoms with Gasteiger partial charge < -0.3 is 9.47 Å². The van der Waals surface area contributed by atoms with Crippen LogP contribution in [0, 0.1) is 0 Å². The second kappa shape index (κ2) is 7.04. The lowest BCUT2D eigenvalue weighted by Crippen LogP contribution is -2.45. The molecule has 2 rings (SSSR count). The summed E-state index contributed by atoms with van der Waals surface area (Å²) in [5, 5.41) is 4.13. The van der Waals surface area contributed by atoms with E-state index in [1.165, 1.54) is 7.11 Å². The van der Waals surface area contributed by atoms with E-state index in [2.05, 4.69) is 10.3 Å². The number of nitrogens with one attached hydrogen (secondary N) is 1. The topological polar surface area (TPSA) is 60.5 Å². The summed E-state index contributed by atoms with van der Waals surface area (Å²) < 4.78 is 10.6. The maximum absolute atomic E-state index is 11.8. The fourth-order valence-corrected chi connectivity index (χ4v) is 2.09. The average Bonchev–Trinajstić information content (AvgIpc) is 2.50. The highest BCUT2D eigenvalue weighted by Gasteiger charge is 2.21. The van der Waals surface area contributed by atoms with Gasteiger partial charge in [-0.05, 0) is 12.1 Å². The van der Waals surface area contributed by atoms with Gasteiger partial charge in [0.05, 0.1) is 7.11 Å². The lowest BCUT2D eigenvalue weighted by atomic mass is 10.2. The third kappa shape index (κ3) is 3.92. The average molecular weight is 288 g/mol. The fourth-order valence-electron chi connectivity index (χ4n) is 2.09. The van der Waals surface area contributed by atoms with E-state index in [1.807, 2.05) is 44.2 Å². The maximum atomic E-state index is 11.8. The predicted octanol–water partition coefficient (Wildman–Crippen LogP) is 2.15. The Bertz CT molecular complexity index is 608. The number of nitrogens with zero attached hydrogens (tertiary/aromatic N) is 1. The van der Waals surface area contributed by atoms with Crippen LogP contribution >= 0.6 is 0 Å². The Hall–Kier alpha value is -2.14. The Morgan fingerprint density at radius 2 is 2.05 bits per heavy atom.